The molecule has 4 heteroatoms. The molecule has 0 saturated carbocycles. The molecular formula is C9H9N3O. The summed E-state index contributed by atoms with van der Waals surface area (Å²) in [7, 11) is 0. The van der Waals surface area contributed by atoms with Gasteiger partial charge in [-0.15, -0.1) is 0 Å². The van der Waals surface area contributed by atoms with Crippen molar-refractivity contribution in [2.45, 2.75) is 6.61 Å². The highest BCUT2D eigenvalue weighted by molar-refractivity contribution is 5.37. The van der Waals surface area contributed by atoms with Gasteiger partial charge in [0.15, 0.2) is 0 Å². The molecule has 0 aromatic carbocycles. The van der Waals surface area contributed by atoms with E-state index in [1.165, 1.54) is 0 Å². The van der Waals surface area contributed by atoms with E-state index in [9.17, 15) is 0 Å². The number of imidazole rings is 1. The number of hydrogen-bond donors (Lipinski definition) is 1. The molecule has 0 spiro atoms. The average Bonchev–Trinajstić information content (AvgIpc) is 2.70. The third-order valence-electron chi connectivity index (χ3n) is 1.84. The van der Waals surface area contributed by atoms with Crippen molar-refractivity contribution in [2.24, 2.45) is 0 Å². The molecule has 0 fully saturated rings. The second-order valence-corrected chi connectivity index (χ2v) is 2.63. The van der Waals surface area contributed by atoms with Crippen molar-refractivity contribution >= 4 is 0 Å². The lowest BCUT2D eigenvalue weighted by Crippen LogP contribution is -1.97. The van der Waals surface area contributed by atoms with Crippen molar-refractivity contribution in [1.29, 1.82) is 0 Å². The molecule has 1 N–H and O–H groups in total. The number of aromatic nitrogens is 3. The van der Waals surface area contributed by atoms with Crippen molar-refractivity contribution in [1.82, 2.24) is 14.5 Å². The molecule has 66 valence electrons. The Labute approximate surface area is 75.5 Å². The van der Waals surface area contributed by atoms with Crippen molar-refractivity contribution in [3.05, 3.63) is 42.7 Å². The lowest BCUT2D eigenvalue weighted by molar-refractivity contribution is 0.281. The zero-order valence-corrected chi connectivity index (χ0v) is 6.96. The first-order valence-corrected chi connectivity index (χ1v) is 3.94. The Morgan fingerprint density at radius 2 is 2.23 bits per heavy atom. The van der Waals surface area contributed by atoms with E-state index in [1.807, 2.05) is 10.8 Å². The van der Waals surface area contributed by atoms with Gasteiger partial charge in [-0.1, -0.05) is 0 Å². The summed E-state index contributed by atoms with van der Waals surface area (Å²) in [6, 6.07) is 1.79. The number of pyridine rings is 1. The van der Waals surface area contributed by atoms with Gasteiger partial charge in [0.05, 0.1) is 24.8 Å². The van der Waals surface area contributed by atoms with Crippen LogP contribution in [0.15, 0.2) is 37.2 Å². The maximum Gasteiger partial charge on any atom is 0.0992 e. The Hall–Kier alpha value is -1.68. The van der Waals surface area contributed by atoms with Gasteiger partial charge in [-0.3, -0.25) is 4.98 Å². The third-order valence-corrected chi connectivity index (χ3v) is 1.84. The van der Waals surface area contributed by atoms with Gasteiger partial charge < -0.3 is 9.67 Å². The monoisotopic (exact) mass is 175 g/mol. The minimum Gasteiger partial charge on any atom is -0.392 e. The zero-order valence-electron chi connectivity index (χ0n) is 6.96. The molecule has 2 aromatic heterocycles. The molecular weight excluding hydrogens is 166 g/mol. The van der Waals surface area contributed by atoms with Crippen molar-refractivity contribution in [3.63, 3.8) is 0 Å². The molecule has 0 bridgehead atoms. The van der Waals surface area contributed by atoms with Gasteiger partial charge in [0.1, 0.15) is 0 Å². The van der Waals surface area contributed by atoms with E-state index < -0.39 is 0 Å². The smallest absolute Gasteiger partial charge is 0.0992 e. The van der Waals surface area contributed by atoms with E-state index in [2.05, 4.69) is 9.97 Å². The SMILES string of the molecule is OCc1ccncc1-n1ccnc1. The Bertz CT molecular complexity index is 384. The fourth-order valence-electron chi connectivity index (χ4n) is 1.18. The first kappa shape index (κ1) is 7.94. The molecule has 13 heavy (non-hydrogen) atoms. The molecule has 0 amide bonds. The molecule has 0 saturated heterocycles. The van der Waals surface area contributed by atoms with Crippen LogP contribution in [0, 0.1) is 0 Å². The maximum absolute atomic E-state index is 9.06. The number of nitrogens with zero attached hydrogens (tertiary/aromatic N) is 3. The number of aliphatic hydroxyl groups is 1. The first-order valence-electron chi connectivity index (χ1n) is 3.94. The Morgan fingerprint density at radius 3 is 2.92 bits per heavy atom. The van der Waals surface area contributed by atoms with Crippen molar-refractivity contribution < 1.29 is 5.11 Å². The number of rotatable bonds is 2. The summed E-state index contributed by atoms with van der Waals surface area (Å²) in [6.45, 7) is 0.00995. The molecule has 0 aliphatic rings. The standard InChI is InChI=1S/C9H9N3O/c13-6-8-1-2-10-5-9(8)12-4-3-11-7-12/h1-5,7,13H,6H2. The Kier molecular flexibility index (Phi) is 2.06. The summed E-state index contributed by atoms with van der Waals surface area (Å²) in [5, 5.41) is 9.06. The number of aliphatic hydroxyl groups excluding tert-OH is 1. The molecule has 0 radical (unpaired) electrons. The maximum atomic E-state index is 9.06. The van der Waals surface area contributed by atoms with Gasteiger partial charge in [-0.05, 0) is 6.07 Å². The van der Waals surface area contributed by atoms with E-state index in [0.29, 0.717) is 0 Å². The van der Waals surface area contributed by atoms with Crippen LogP contribution in [-0.2, 0) is 6.61 Å². The van der Waals surface area contributed by atoms with Crippen molar-refractivity contribution in [2.75, 3.05) is 0 Å². The average molecular weight is 175 g/mol. The van der Waals surface area contributed by atoms with E-state index in [1.54, 1.807) is 31.0 Å². The van der Waals surface area contributed by atoms with E-state index >= 15 is 0 Å². The van der Waals surface area contributed by atoms with Gasteiger partial charge in [0.25, 0.3) is 0 Å². The van der Waals surface area contributed by atoms with Crippen LogP contribution in [0.25, 0.3) is 5.69 Å². The lowest BCUT2D eigenvalue weighted by Gasteiger charge is -2.05. The minimum atomic E-state index is 0.00995. The largest absolute Gasteiger partial charge is 0.392 e. The normalized spacial score (nSPS) is 10.2. The summed E-state index contributed by atoms with van der Waals surface area (Å²) < 4.78 is 1.82. The Balaban J connectivity index is 2.51. The highest BCUT2D eigenvalue weighted by Gasteiger charge is 2.01. The van der Waals surface area contributed by atoms with E-state index in [-0.39, 0.29) is 6.61 Å². The predicted molar refractivity (Wildman–Crippen MR) is 47.3 cm³/mol. The van der Waals surface area contributed by atoms with Gasteiger partial charge in [0, 0.05) is 24.2 Å². The lowest BCUT2D eigenvalue weighted by atomic mass is 10.2. The fourth-order valence-corrected chi connectivity index (χ4v) is 1.18. The molecule has 0 atom stereocenters. The highest BCUT2D eigenvalue weighted by Crippen LogP contribution is 2.11. The molecule has 0 aliphatic heterocycles. The zero-order chi connectivity index (χ0) is 9.10. The summed E-state index contributed by atoms with van der Waals surface area (Å²) in [6.07, 6.45) is 8.54. The van der Waals surface area contributed by atoms with Gasteiger partial charge in [-0.25, -0.2) is 4.98 Å². The van der Waals surface area contributed by atoms with Crippen LogP contribution in [-0.4, -0.2) is 19.6 Å². The molecule has 4 nitrogen and oxygen atoms in total. The van der Waals surface area contributed by atoms with Crippen LogP contribution in [0.4, 0.5) is 0 Å². The molecule has 2 aromatic rings. The summed E-state index contributed by atoms with van der Waals surface area (Å²) in [4.78, 5) is 7.92. The number of hydrogen-bond acceptors (Lipinski definition) is 3. The van der Waals surface area contributed by atoms with Crippen LogP contribution in [0.3, 0.4) is 0 Å². The summed E-state index contributed by atoms with van der Waals surface area (Å²) in [5.74, 6) is 0. The summed E-state index contributed by atoms with van der Waals surface area (Å²) >= 11 is 0. The predicted octanol–water partition coefficient (Wildman–Crippen LogP) is 0.760. The molecule has 2 rings (SSSR count). The third kappa shape index (κ3) is 1.43. The fraction of sp³-hybridized carbons (Fsp3) is 0.111. The quantitative estimate of drug-likeness (QED) is 0.733. The van der Waals surface area contributed by atoms with Crippen molar-refractivity contribution in [3.8, 4) is 5.69 Å². The Morgan fingerprint density at radius 1 is 1.31 bits per heavy atom. The van der Waals surface area contributed by atoms with Crippen LogP contribution in [0.2, 0.25) is 0 Å². The topological polar surface area (TPSA) is 50.9 Å². The second-order valence-electron chi connectivity index (χ2n) is 2.63. The summed E-state index contributed by atoms with van der Waals surface area (Å²) in [5.41, 5.74) is 1.70. The molecule has 0 aliphatic carbocycles. The molecule has 0 unspecified atom stereocenters. The van der Waals surface area contributed by atoms with Gasteiger partial charge in [-0.2, -0.15) is 0 Å². The highest BCUT2D eigenvalue weighted by atomic mass is 16.3. The van der Waals surface area contributed by atoms with Crippen LogP contribution < -0.4 is 0 Å². The van der Waals surface area contributed by atoms with E-state index in [4.69, 9.17) is 5.11 Å². The van der Waals surface area contributed by atoms with Crippen LogP contribution in [0.5, 0.6) is 0 Å². The van der Waals surface area contributed by atoms with Gasteiger partial charge >= 0.3 is 0 Å². The second kappa shape index (κ2) is 3.37. The van der Waals surface area contributed by atoms with Crippen LogP contribution in [0.1, 0.15) is 5.56 Å². The minimum absolute atomic E-state index is 0.00995. The first-order chi connectivity index (χ1) is 6.42. The van der Waals surface area contributed by atoms with Crippen LogP contribution >= 0.6 is 0 Å². The van der Waals surface area contributed by atoms with E-state index in [0.717, 1.165) is 11.3 Å². The van der Waals surface area contributed by atoms with Gasteiger partial charge in [0.2, 0.25) is 0 Å². The molecule has 2 heterocycles.